The zero-order valence-corrected chi connectivity index (χ0v) is 14.7. The highest BCUT2D eigenvalue weighted by Gasteiger charge is 2.16. The predicted octanol–water partition coefficient (Wildman–Crippen LogP) is 3.28. The number of ketones is 1. The standard InChI is InChI=1S/C20H20O6/c1-13(2)26-16-6-3-14(4-7-16)20(22)25-12-17(21)15-5-8-18-19(11-15)24-10-9-23-18/h3-8,11,13H,9-10,12H2,1-2H3. The van der Waals surface area contributed by atoms with Gasteiger partial charge < -0.3 is 18.9 Å². The number of carbonyl (C=O) groups excluding carboxylic acids is 2. The van der Waals surface area contributed by atoms with E-state index in [1.165, 1.54) is 0 Å². The van der Waals surface area contributed by atoms with E-state index < -0.39 is 5.97 Å². The van der Waals surface area contributed by atoms with Crippen LogP contribution in [0.4, 0.5) is 0 Å². The van der Waals surface area contributed by atoms with Gasteiger partial charge in [0.1, 0.15) is 19.0 Å². The molecule has 0 fully saturated rings. The van der Waals surface area contributed by atoms with E-state index >= 15 is 0 Å². The second-order valence-electron chi connectivity index (χ2n) is 6.05. The van der Waals surface area contributed by atoms with Crippen LogP contribution in [0, 0.1) is 0 Å². The second-order valence-corrected chi connectivity index (χ2v) is 6.05. The molecule has 0 saturated carbocycles. The third-order valence-corrected chi connectivity index (χ3v) is 3.66. The van der Waals surface area contributed by atoms with Crippen molar-refractivity contribution in [2.75, 3.05) is 19.8 Å². The fraction of sp³-hybridized carbons (Fsp3) is 0.300. The number of carbonyl (C=O) groups is 2. The van der Waals surface area contributed by atoms with Gasteiger partial charge in [0.2, 0.25) is 0 Å². The summed E-state index contributed by atoms with van der Waals surface area (Å²) in [6, 6.07) is 11.5. The second kappa shape index (κ2) is 7.91. The number of fused-ring (bicyclic) bond motifs is 1. The molecule has 0 aliphatic carbocycles. The number of hydrogen-bond acceptors (Lipinski definition) is 6. The van der Waals surface area contributed by atoms with Crippen molar-refractivity contribution in [3.8, 4) is 17.2 Å². The van der Waals surface area contributed by atoms with Gasteiger partial charge in [-0.3, -0.25) is 4.79 Å². The molecule has 1 aliphatic rings. The zero-order valence-electron chi connectivity index (χ0n) is 14.7. The van der Waals surface area contributed by atoms with Gasteiger partial charge in [-0.15, -0.1) is 0 Å². The summed E-state index contributed by atoms with van der Waals surface area (Å²) in [6.07, 6.45) is 0.0522. The maximum Gasteiger partial charge on any atom is 0.338 e. The number of benzene rings is 2. The molecule has 0 radical (unpaired) electrons. The lowest BCUT2D eigenvalue weighted by atomic mass is 10.1. The van der Waals surface area contributed by atoms with Crippen molar-refractivity contribution in [2.24, 2.45) is 0 Å². The largest absolute Gasteiger partial charge is 0.491 e. The van der Waals surface area contributed by atoms with E-state index in [1.807, 2.05) is 13.8 Å². The van der Waals surface area contributed by atoms with Crippen molar-refractivity contribution < 1.29 is 28.5 Å². The summed E-state index contributed by atoms with van der Waals surface area (Å²) in [5.74, 6) is 0.925. The molecule has 0 atom stereocenters. The van der Waals surface area contributed by atoms with E-state index in [9.17, 15) is 9.59 Å². The van der Waals surface area contributed by atoms with Gasteiger partial charge in [0.05, 0.1) is 11.7 Å². The Kier molecular flexibility index (Phi) is 5.41. The van der Waals surface area contributed by atoms with Gasteiger partial charge in [-0.05, 0) is 56.3 Å². The first-order valence-corrected chi connectivity index (χ1v) is 8.39. The van der Waals surface area contributed by atoms with E-state index in [4.69, 9.17) is 18.9 Å². The third kappa shape index (κ3) is 4.33. The van der Waals surface area contributed by atoms with Gasteiger partial charge in [-0.2, -0.15) is 0 Å². The first-order valence-electron chi connectivity index (χ1n) is 8.39. The summed E-state index contributed by atoms with van der Waals surface area (Å²) in [6.45, 7) is 4.43. The monoisotopic (exact) mass is 356 g/mol. The molecule has 1 aliphatic heterocycles. The van der Waals surface area contributed by atoms with Crippen LogP contribution in [0.1, 0.15) is 34.6 Å². The maximum atomic E-state index is 12.2. The Morgan fingerprint density at radius 2 is 1.62 bits per heavy atom. The summed E-state index contributed by atoms with van der Waals surface area (Å²) < 4.78 is 21.5. The summed E-state index contributed by atoms with van der Waals surface area (Å²) >= 11 is 0. The number of esters is 1. The van der Waals surface area contributed by atoms with E-state index in [0.29, 0.717) is 41.6 Å². The van der Waals surface area contributed by atoms with Crippen LogP contribution in [0.25, 0.3) is 0 Å². The molecule has 136 valence electrons. The number of ether oxygens (including phenoxy) is 4. The SMILES string of the molecule is CC(C)Oc1ccc(C(=O)OCC(=O)c2ccc3c(c2)OCCO3)cc1. The summed E-state index contributed by atoms with van der Waals surface area (Å²) in [7, 11) is 0. The fourth-order valence-electron chi connectivity index (χ4n) is 2.46. The Hall–Kier alpha value is -3.02. The molecule has 6 heteroatoms. The summed E-state index contributed by atoms with van der Waals surface area (Å²) in [5, 5.41) is 0. The van der Waals surface area contributed by atoms with E-state index in [2.05, 4.69) is 0 Å². The molecule has 1 heterocycles. The van der Waals surface area contributed by atoms with Crippen LogP contribution in [-0.4, -0.2) is 37.7 Å². The Balaban J connectivity index is 1.58. The van der Waals surface area contributed by atoms with Crippen LogP contribution in [-0.2, 0) is 4.74 Å². The number of Topliss-reactive ketones (excluding diaryl/α,β-unsaturated/α-hetero) is 1. The van der Waals surface area contributed by atoms with Crippen molar-refractivity contribution >= 4 is 11.8 Å². The average molecular weight is 356 g/mol. The van der Waals surface area contributed by atoms with E-state index in [1.54, 1.807) is 42.5 Å². The van der Waals surface area contributed by atoms with Crippen LogP contribution < -0.4 is 14.2 Å². The lowest BCUT2D eigenvalue weighted by Crippen LogP contribution is -2.17. The van der Waals surface area contributed by atoms with Gasteiger partial charge in [0, 0.05) is 5.56 Å². The van der Waals surface area contributed by atoms with Crippen LogP contribution in [0.3, 0.4) is 0 Å². The van der Waals surface area contributed by atoms with Gasteiger partial charge in [-0.1, -0.05) is 0 Å². The minimum Gasteiger partial charge on any atom is -0.491 e. The molecule has 0 amide bonds. The molecule has 0 spiro atoms. The van der Waals surface area contributed by atoms with Gasteiger partial charge in [-0.25, -0.2) is 4.79 Å². The van der Waals surface area contributed by atoms with Gasteiger partial charge in [0.15, 0.2) is 23.9 Å². The highest BCUT2D eigenvalue weighted by Crippen LogP contribution is 2.30. The highest BCUT2D eigenvalue weighted by molar-refractivity contribution is 5.99. The molecular formula is C20H20O6. The smallest absolute Gasteiger partial charge is 0.338 e. The first kappa shape index (κ1) is 17.8. The van der Waals surface area contributed by atoms with Crippen molar-refractivity contribution in [1.82, 2.24) is 0 Å². The lowest BCUT2D eigenvalue weighted by Gasteiger charge is -2.18. The Morgan fingerprint density at radius 1 is 0.962 bits per heavy atom. The molecule has 0 saturated heterocycles. The molecule has 0 N–H and O–H groups in total. The number of rotatable bonds is 6. The topological polar surface area (TPSA) is 71.1 Å². The maximum absolute atomic E-state index is 12.2. The normalized spacial score (nSPS) is 12.6. The van der Waals surface area contributed by atoms with E-state index in [-0.39, 0.29) is 18.5 Å². The molecular weight excluding hydrogens is 336 g/mol. The molecule has 3 rings (SSSR count). The molecule has 6 nitrogen and oxygen atoms in total. The summed E-state index contributed by atoms with van der Waals surface area (Å²) in [4.78, 5) is 24.3. The fourth-order valence-corrected chi connectivity index (χ4v) is 2.46. The Morgan fingerprint density at radius 3 is 2.31 bits per heavy atom. The summed E-state index contributed by atoms with van der Waals surface area (Å²) in [5.41, 5.74) is 0.763. The van der Waals surface area contributed by atoms with Crippen molar-refractivity contribution in [1.29, 1.82) is 0 Å². The van der Waals surface area contributed by atoms with Crippen molar-refractivity contribution in [2.45, 2.75) is 20.0 Å². The number of hydrogen-bond donors (Lipinski definition) is 0. The van der Waals surface area contributed by atoms with Crippen LogP contribution >= 0.6 is 0 Å². The lowest BCUT2D eigenvalue weighted by molar-refractivity contribution is 0.0474. The molecule has 0 aromatic heterocycles. The van der Waals surface area contributed by atoms with Crippen LogP contribution in [0.5, 0.6) is 17.2 Å². The zero-order chi connectivity index (χ0) is 18.5. The third-order valence-electron chi connectivity index (χ3n) is 3.66. The molecule has 2 aromatic rings. The van der Waals surface area contributed by atoms with Crippen molar-refractivity contribution in [3.63, 3.8) is 0 Å². The average Bonchev–Trinajstić information content (AvgIpc) is 2.65. The minimum atomic E-state index is -0.563. The quantitative estimate of drug-likeness (QED) is 0.584. The molecule has 26 heavy (non-hydrogen) atoms. The Labute approximate surface area is 151 Å². The Bertz CT molecular complexity index is 794. The van der Waals surface area contributed by atoms with Crippen LogP contribution in [0.2, 0.25) is 0 Å². The first-order chi connectivity index (χ1) is 12.5. The molecule has 0 bridgehead atoms. The van der Waals surface area contributed by atoms with Crippen LogP contribution in [0.15, 0.2) is 42.5 Å². The van der Waals surface area contributed by atoms with Crippen molar-refractivity contribution in [3.05, 3.63) is 53.6 Å². The van der Waals surface area contributed by atoms with Gasteiger partial charge >= 0.3 is 5.97 Å². The van der Waals surface area contributed by atoms with E-state index in [0.717, 1.165) is 0 Å². The minimum absolute atomic E-state index is 0.0522. The van der Waals surface area contributed by atoms with Gasteiger partial charge in [0.25, 0.3) is 0 Å². The molecule has 2 aromatic carbocycles. The predicted molar refractivity (Wildman–Crippen MR) is 94.3 cm³/mol. The highest BCUT2D eigenvalue weighted by atomic mass is 16.6. The molecule has 0 unspecified atom stereocenters.